The number of sulfone groups is 1. The van der Waals surface area contributed by atoms with Crippen LogP contribution in [0.5, 0.6) is 11.5 Å². The molecule has 7 nitrogen and oxygen atoms in total. The predicted octanol–water partition coefficient (Wildman–Crippen LogP) is 2.70. The second-order valence-electron chi connectivity index (χ2n) is 6.64. The number of hydroxylamine groups is 1. The van der Waals surface area contributed by atoms with E-state index in [9.17, 15) is 13.2 Å². The highest BCUT2D eigenvalue weighted by atomic mass is 35.5. The largest absolute Gasteiger partial charge is 0.457 e. The van der Waals surface area contributed by atoms with Crippen molar-refractivity contribution in [3.8, 4) is 11.5 Å². The first kappa shape index (κ1) is 20.6. The van der Waals surface area contributed by atoms with Gasteiger partial charge in [-0.2, -0.15) is 0 Å². The summed E-state index contributed by atoms with van der Waals surface area (Å²) in [5.41, 5.74) is 2.43. The van der Waals surface area contributed by atoms with Gasteiger partial charge in [-0.1, -0.05) is 11.6 Å². The number of rotatable bonds is 5. The van der Waals surface area contributed by atoms with E-state index in [4.69, 9.17) is 21.5 Å². The molecule has 1 heterocycles. The van der Waals surface area contributed by atoms with Gasteiger partial charge in [-0.25, -0.2) is 13.9 Å². The van der Waals surface area contributed by atoms with Crippen LogP contribution >= 0.6 is 11.6 Å². The van der Waals surface area contributed by atoms with Crippen molar-refractivity contribution in [1.29, 1.82) is 0 Å². The third-order valence-corrected chi connectivity index (χ3v) is 7.50. The smallest absolute Gasteiger partial charge is 0.249 e. The third kappa shape index (κ3) is 4.30. The minimum atomic E-state index is -3.75. The van der Waals surface area contributed by atoms with Crippen molar-refractivity contribution >= 4 is 27.3 Å². The molecule has 1 fully saturated rings. The Balaban J connectivity index is 1.81. The monoisotopic (exact) mass is 424 g/mol. The SMILES string of the molecule is Cc1cc(Oc2ccc(S(=O)(=O)C3CCNCC3C(=O)NO)cc2)ccc1Cl. The number of aryl methyl sites for hydroxylation is 1. The molecule has 9 heteroatoms. The molecule has 1 aliphatic rings. The second kappa shape index (κ2) is 8.48. The number of hydrogen-bond acceptors (Lipinski definition) is 6. The fourth-order valence-corrected chi connectivity index (χ4v) is 5.30. The molecule has 3 N–H and O–H groups in total. The molecule has 2 atom stereocenters. The van der Waals surface area contributed by atoms with E-state index >= 15 is 0 Å². The number of carbonyl (C=O) groups is 1. The second-order valence-corrected chi connectivity index (χ2v) is 9.22. The van der Waals surface area contributed by atoms with Crippen LogP contribution in [0.4, 0.5) is 0 Å². The summed E-state index contributed by atoms with van der Waals surface area (Å²) < 4.78 is 31.8. The number of carbonyl (C=O) groups excluding carboxylic acids is 1. The molecule has 0 saturated carbocycles. The maximum absolute atomic E-state index is 13.0. The Morgan fingerprint density at radius 2 is 1.89 bits per heavy atom. The summed E-state index contributed by atoms with van der Waals surface area (Å²) in [6.07, 6.45) is 0.280. The Morgan fingerprint density at radius 1 is 1.21 bits per heavy atom. The van der Waals surface area contributed by atoms with Crippen LogP contribution in [-0.2, 0) is 14.6 Å². The Bertz CT molecular complexity index is 963. The maximum atomic E-state index is 13.0. The minimum Gasteiger partial charge on any atom is -0.457 e. The van der Waals surface area contributed by atoms with Crippen molar-refractivity contribution in [3.63, 3.8) is 0 Å². The third-order valence-electron chi connectivity index (χ3n) is 4.78. The molecule has 0 radical (unpaired) electrons. The van der Waals surface area contributed by atoms with E-state index in [2.05, 4.69) is 5.32 Å². The molecule has 0 aromatic heterocycles. The predicted molar refractivity (Wildman–Crippen MR) is 105 cm³/mol. The fourth-order valence-electron chi connectivity index (χ4n) is 3.24. The standard InChI is InChI=1S/C19H21ClN2O5S/c1-12-10-14(4-7-17(12)20)27-13-2-5-15(6-3-13)28(25,26)18-8-9-21-11-16(18)19(23)22-24/h2-7,10,16,18,21,24H,8-9,11H2,1H3,(H,22,23). The van der Waals surface area contributed by atoms with Crippen LogP contribution in [-0.4, -0.2) is 37.9 Å². The summed E-state index contributed by atoms with van der Waals surface area (Å²) in [5, 5.41) is 11.6. The number of amides is 1. The number of benzene rings is 2. The van der Waals surface area contributed by atoms with E-state index < -0.39 is 26.9 Å². The molecule has 2 aromatic carbocycles. The zero-order valence-electron chi connectivity index (χ0n) is 15.2. The Hall–Kier alpha value is -2.13. The van der Waals surface area contributed by atoms with Crippen LogP contribution in [0.1, 0.15) is 12.0 Å². The topological polar surface area (TPSA) is 105 Å². The first-order chi connectivity index (χ1) is 13.3. The summed E-state index contributed by atoms with van der Waals surface area (Å²) in [5.74, 6) is -0.498. The molecule has 28 heavy (non-hydrogen) atoms. The first-order valence-corrected chi connectivity index (χ1v) is 10.7. The molecule has 0 spiro atoms. The fraction of sp³-hybridized carbons (Fsp3) is 0.316. The van der Waals surface area contributed by atoms with Gasteiger partial charge in [0.15, 0.2) is 9.84 Å². The average molecular weight is 425 g/mol. The van der Waals surface area contributed by atoms with Gasteiger partial charge in [-0.15, -0.1) is 0 Å². The first-order valence-electron chi connectivity index (χ1n) is 8.75. The number of piperidine rings is 1. The lowest BCUT2D eigenvalue weighted by Crippen LogP contribution is -2.50. The Kier molecular flexibility index (Phi) is 6.24. The summed E-state index contributed by atoms with van der Waals surface area (Å²) in [7, 11) is -3.75. The molecule has 0 bridgehead atoms. The van der Waals surface area contributed by atoms with Crippen LogP contribution in [0, 0.1) is 12.8 Å². The van der Waals surface area contributed by atoms with Crippen LogP contribution in [0.25, 0.3) is 0 Å². The van der Waals surface area contributed by atoms with Gasteiger partial charge in [0, 0.05) is 11.6 Å². The van der Waals surface area contributed by atoms with Crippen LogP contribution < -0.4 is 15.5 Å². The molecular formula is C19H21ClN2O5S. The molecular weight excluding hydrogens is 404 g/mol. The van der Waals surface area contributed by atoms with Gasteiger partial charge in [-0.05, 0) is 67.9 Å². The highest BCUT2D eigenvalue weighted by molar-refractivity contribution is 7.92. The Labute approximate surface area is 168 Å². The molecule has 0 aliphatic carbocycles. The van der Waals surface area contributed by atoms with E-state index in [0.717, 1.165) is 5.56 Å². The van der Waals surface area contributed by atoms with Gasteiger partial charge in [0.25, 0.3) is 0 Å². The van der Waals surface area contributed by atoms with Crippen molar-refractivity contribution in [2.75, 3.05) is 13.1 Å². The number of halogens is 1. The molecule has 150 valence electrons. The molecule has 2 unspecified atom stereocenters. The van der Waals surface area contributed by atoms with Gasteiger partial charge in [0.2, 0.25) is 5.91 Å². The molecule has 1 saturated heterocycles. The highest BCUT2D eigenvalue weighted by Crippen LogP contribution is 2.30. The highest BCUT2D eigenvalue weighted by Gasteiger charge is 2.40. The average Bonchev–Trinajstić information content (AvgIpc) is 2.70. The van der Waals surface area contributed by atoms with Crippen molar-refractivity contribution in [2.24, 2.45) is 5.92 Å². The summed E-state index contributed by atoms with van der Waals surface area (Å²) in [6, 6.07) is 11.3. The molecule has 2 aromatic rings. The van der Waals surface area contributed by atoms with E-state index in [0.29, 0.717) is 23.1 Å². The number of ether oxygens (including phenoxy) is 1. The minimum absolute atomic E-state index is 0.106. The van der Waals surface area contributed by atoms with E-state index in [1.165, 1.54) is 12.1 Å². The summed E-state index contributed by atoms with van der Waals surface area (Å²) >= 11 is 6.00. The molecule has 1 aliphatic heterocycles. The van der Waals surface area contributed by atoms with Crippen LogP contribution in [0.15, 0.2) is 47.4 Å². The zero-order valence-corrected chi connectivity index (χ0v) is 16.8. The van der Waals surface area contributed by atoms with Crippen molar-refractivity contribution in [2.45, 2.75) is 23.5 Å². The normalized spacial score (nSPS) is 19.8. The maximum Gasteiger partial charge on any atom is 0.249 e. The van der Waals surface area contributed by atoms with Gasteiger partial charge in [-0.3, -0.25) is 10.0 Å². The molecule has 1 amide bonds. The lowest BCUT2D eigenvalue weighted by atomic mass is 9.98. The van der Waals surface area contributed by atoms with Crippen LogP contribution in [0.3, 0.4) is 0 Å². The summed E-state index contributed by atoms with van der Waals surface area (Å²) in [4.78, 5) is 12.0. The Morgan fingerprint density at radius 3 is 2.54 bits per heavy atom. The van der Waals surface area contributed by atoms with Gasteiger partial charge >= 0.3 is 0 Å². The zero-order chi connectivity index (χ0) is 20.3. The van der Waals surface area contributed by atoms with Gasteiger partial charge in [0.05, 0.1) is 16.1 Å². The van der Waals surface area contributed by atoms with Crippen LogP contribution in [0.2, 0.25) is 5.02 Å². The van der Waals surface area contributed by atoms with E-state index in [1.54, 1.807) is 35.8 Å². The number of hydrogen-bond donors (Lipinski definition) is 3. The summed E-state index contributed by atoms with van der Waals surface area (Å²) in [6.45, 7) is 2.53. The lowest BCUT2D eigenvalue weighted by Gasteiger charge is -2.30. The van der Waals surface area contributed by atoms with E-state index in [-0.39, 0.29) is 17.9 Å². The van der Waals surface area contributed by atoms with Crippen molar-refractivity contribution in [1.82, 2.24) is 10.8 Å². The van der Waals surface area contributed by atoms with Crippen molar-refractivity contribution < 1.29 is 23.2 Å². The quantitative estimate of drug-likeness (QED) is 0.503. The van der Waals surface area contributed by atoms with Gasteiger partial charge < -0.3 is 10.1 Å². The lowest BCUT2D eigenvalue weighted by molar-refractivity contribution is -0.133. The van der Waals surface area contributed by atoms with Crippen molar-refractivity contribution in [3.05, 3.63) is 53.1 Å². The molecule has 3 rings (SSSR count). The van der Waals surface area contributed by atoms with Gasteiger partial charge in [0.1, 0.15) is 11.5 Å². The number of nitrogens with one attached hydrogen (secondary N) is 2. The van der Waals surface area contributed by atoms with E-state index in [1.807, 2.05) is 6.92 Å².